The van der Waals surface area contributed by atoms with E-state index < -0.39 is 31.0 Å². The summed E-state index contributed by atoms with van der Waals surface area (Å²) >= 11 is 0. The number of unbranched alkanes of at least 4 members (excludes halogenated alkanes) is 12. The quantitative estimate of drug-likeness (QED) is 0.214. The second-order valence-corrected chi connectivity index (χ2v) is 8.36. The Balaban J connectivity index is 1.80. The molecule has 0 radical (unpaired) electrons. The lowest BCUT2D eigenvalue weighted by atomic mass is 10.0. The highest BCUT2D eigenvalue weighted by molar-refractivity contribution is 4.88. The number of hydrogen-bond donors (Lipinski definition) is 3. The average Bonchev–Trinajstić information content (AvgIpc) is 3.10. The molecule has 0 spiro atoms. The van der Waals surface area contributed by atoms with Crippen molar-refractivity contribution < 1.29 is 24.8 Å². The van der Waals surface area contributed by atoms with Crippen LogP contribution in [0, 0.1) is 0 Å². The van der Waals surface area contributed by atoms with Gasteiger partial charge in [-0.25, -0.2) is 0 Å². The number of rotatable bonds is 19. The summed E-state index contributed by atoms with van der Waals surface area (Å²) < 4.78 is 11.0. The smallest absolute Gasteiger partial charge is 0.114 e. The minimum Gasteiger partial charge on any atom is -0.394 e. The first-order chi connectivity index (χ1) is 14.2. The number of aliphatic hydroxyl groups is 3. The van der Waals surface area contributed by atoms with Crippen LogP contribution in [0.3, 0.4) is 0 Å². The Morgan fingerprint density at radius 2 is 1.45 bits per heavy atom. The van der Waals surface area contributed by atoms with Crippen LogP contribution in [0.4, 0.5) is 0 Å². The Morgan fingerprint density at radius 3 is 2.00 bits per heavy atom. The number of hydrogen-bond acceptors (Lipinski definition) is 5. The molecule has 172 valence electrons. The predicted molar refractivity (Wildman–Crippen MR) is 118 cm³/mol. The van der Waals surface area contributed by atoms with E-state index in [9.17, 15) is 10.2 Å². The molecule has 3 N–H and O–H groups in total. The number of ether oxygens (including phenoxy) is 2. The molecule has 4 atom stereocenters. The lowest BCUT2D eigenvalue weighted by Gasteiger charge is -2.20. The SMILES string of the molecule is CC/C=C/CCCCCCCCCCCCCCO[C@H]1CO[C@H]([C@H](O)CO)[C@@H]1O. The minimum atomic E-state index is -1.05. The third-order valence-electron chi connectivity index (χ3n) is 5.74. The van der Waals surface area contributed by atoms with Crippen molar-refractivity contribution in [3.05, 3.63) is 12.2 Å². The van der Waals surface area contributed by atoms with E-state index in [1.54, 1.807) is 0 Å². The zero-order valence-corrected chi connectivity index (χ0v) is 18.6. The van der Waals surface area contributed by atoms with Crippen molar-refractivity contribution in [1.29, 1.82) is 0 Å². The van der Waals surface area contributed by atoms with Gasteiger partial charge in [-0.2, -0.15) is 0 Å². The highest BCUT2D eigenvalue weighted by atomic mass is 16.6. The van der Waals surface area contributed by atoms with Gasteiger partial charge in [0.15, 0.2) is 0 Å². The molecule has 1 aliphatic rings. The van der Waals surface area contributed by atoms with Crippen molar-refractivity contribution >= 4 is 0 Å². The normalized spacial score (nSPS) is 23.2. The highest BCUT2D eigenvalue weighted by Crippen LogP contribution is 2.20. The predicted octanol–water partition coefficient (Wildman–Crippen LogP) is 4.52. The third-order valence-corrected chi connectivity index (χ3v) is 5.74. The van der Waals surface area contributed by atoms with Gasteiger partial charge in [0.1, 0.15) is 24.4 Å². The molecular weight excluding hydrogens is 368 g/mol. The molecule has 0 aromatic heterocycles. The van der Waals surface area contributed by atoms with Crippen molar-refractivity contribution in [2.75, 3.05) is 19.8 Å². The lowest BCUT2D eigenvalue weighted by molar-refractivity contribution is -0.0730. The van der Waals surface area contributed by atoms with Crippen molar-refractivity contribution in [1.82, 2.24) is 0 Å². The second-order valence-electron chi connectivity index (χ2n) is 8.36. The molecule has 0 aromatic rings. The van der Waals surface area contributed by atoms with Gasteiger partial charge in [0.25, 0.3) is 0 Å². The minimum absolute atomic E-state index is 0.277. The van der Waals surface area contributed by atoms with E-state index in [1.165, 1.54) is 70.6 Å². The standard InChI is InChI=1S/C24H46O5/c1-2-3-4-5-6-7-8-9-10-11-12-13-14-15-16-17-18-28-22-20-29-24(23(22)27)21(26)19-25/h3-4,21-27H,2,5-20H2,1H3/b4-3+/t21-,22+,23-,24-/m1/s1. The summed E-state index contributed by atoms with van der Waals surface area (Å²) in [7, 11) is 0. The van der Waals surface area contributed by atoms with E-state index in [2.05, 4.69) is 19.1 Å². The zero-order chi connectivity index (χ0) is 21.2. The Kier molecular flexibility index (Phi) is 16.8. The van der Waals surface area contributed by atoms with E-state index in [0.29, 0.717) is 6.61 Å². The van der Waals surface area contributed by atoms with Crippen LogP contribution in [-0.2, 0) is 9.47 Å². The van der Waals surface area contributed by atoms with Crippen LogP contribution in [0.1, 0.15) is 96.8 Å². The summed E-state index contributed by atoms with van der Waals surface area (Å²) in [5.41, 5.74) is 0. The summed E-state index contributed by atoms with van der Waals surface area (Å²) in [6.45, 7) is 2.67. The van der Waals surface area contributed by atoms with E-state index in [4.69, 9.17) is 14.6 Å². The van der Waals surface area contributed by atoms with Gasteiger partial charge in [-0.05, 0) is 25.7 Å². The largest absolute Gasteiger partial charge is 0.394 e. The van der Waals surface area contributed by atoms with Crippen LogP contribution >= 0.6 is 0 Å². The topological polar surface area (TPSA) is 79.2 Å². The molecule has 0 amide bonds. The van der Waals surface area contributed by atoms with Crippen molar-refractivity contribution in [2.45, 2.75) is 121 Å². The maximum atomic E-state index is 10.1. The van der Waals surface area contributed by atoms with Gasteiger partial charge < -0.3 is 24.8 Å². The number of allylic oxidation sites excluding steroid dienone is 2. The molecule has 0 unspecified atom stereocenters. The maximum absolute atomic E-state index is 10.1. The van der Waals surface area contributed by atoms with Gasteiger partial charge in [0, 0.05) is 6.61 Å². The Hall–Kier alpha value is -0.460. The van der Waals surface area contributed by atoms with Crippen molar-refractivity contribution in [2.24, 2.45) is 0 Å². The second kappa shape index (κ2) is 18.3. The van der Waals surface area contributed by atoms with Gasteiger partial charge in [-0.3, -0.25) is 0 Å². The van der Waals surface area contributed by atoms with Crippen LogP contribution in [0.15, 0.2) is 12.2 Å². The molecule has 0 saturated carbocycles. The Bertz CT molecular complexity index is 387. The van der Waals surface area contributed by atoms with E-state index in [0.717, 1.165) is 19.3 Å². The van der Waals surface area contributed by atoms with Crippen LogP contribution in [0.25, 0.3) is 0 Å². The molecular formula is C24H46O5. The summed E-state index contributed by atoms with van der Waals surface area (Å²) in [5.74, 6) is 0. The molecule has 5 nitrogen and oxygen atoms in total. The summed E-state index contributed by atoms with van der Waals surface area (Å²) in [6.07, 6.45) is 19.6. The molecule has 1 saturated heterocycles. The molecule has 29 heavy (non-hydrogen) atoms. The molecule has 0 bridgehead atoms. The number of aliphatic hydroxyl groups excluding tert-OH is 3. The first kappa shape index (κ1) is 26.6. The summed E-state index contributed by atoms with van der Waals surface area (Å²) in [4.78, 5) is 0. The van der Waals surface area contributed by atoms with Gasteiger partial charge in [0.05, 0.1) is 13.2 Å². The highest BCUT2D eigenvalue weighted by Gasteiger charge is 2.40. The fourth-order valence-corrected chi connectivity index (χ4v) is 3.86. The van der Waals surface area contributed by atoms with Crippen LogP contribution < -0.4 is 0 Å². The Morgan fingerprint density at radius 1 is 0.897 bits per heavy atom. The van der Waals surface area contributed by atoms with E-state index in [1.807, 2.05) is 0 Å². The monoisotopic (exact) mass is 414 g/mol. The Labute approximate surface area is 178 Å². The maximum Gasteiger partial charge on any atom is 0.114 e. The molecule has 5 heteroatoms. The van der Waals surface area contributed by atoms with Crippen molar-refractivity contribution in [3.8, 4) is 0 Å². The van der Waals surface area contributed by atoms with Gasteiger partial charge >= 0.3 is 0 Å². The average molecular weight is 415 g/mol. The lowest BCUT2D eigenvalue weighted by Crippen LogP contribution is -2.41. The first-order valence-electron chi connectivity index (χ1n) is 12.1. The van der Waals surface area contributed by atoms with Gasteiger partial charge in [0.2, 0.25) is 0 Å². The van der Waals surface area contributed by atoms with Crippen molar-refractivity contribution in [3.63, 3.8) is 0 Å². The molecule has 1 heterocycles. The fraction of sp³-hybridized carbons (Fsp3) is 0.917. The summed E-state index contributed by atoms with van der Waals surface area (Å²) in [6, 6.07) is 0. The van der Waals surface area contributed by atoms with Crippen LogP contribution in [0.2, 0.25) is 0 Å². The molecule has 1 fully saturated rings. The molecule has 1 rings (SSSR count). The van der Waals surface area contributed by atoms with Gasteiger partial charge in [-0.15, -0.1) is 0 Å². The fourth-order valence-electron chi connectivity index (χ4n) is 3.86. The third kappa shape index (κ3) is 12.7. The molecule has 0 aliphatic carbocycles. The van der Waals surface area contributed by atoms with Crippen LogP contribution in [0.5, 0.6) is 0 Å². The van der Waals surface area contributed by atoms with Gasteiger partial charge in [-0.1, -0.05) is 83.3 Å². The zero-order valence-electron chi connectivity index (χ0n) is 18.6. The van der Waals surface area contributed by atoms with E-state index >= 15 is 0 Å². The first-order valence-corrected chi connectivity index (χ1v) is 12.1. The van der Waals surface area contributed by atoms with E-state index in [-0.39, 0.29) is 6.61 Å². The van der Waals surface area contributed by atoms with Crippen LogP contribution in [-0.4, -0.2) is 59.6 Å². The molecule has 1 aliphatic heterocycles. The summed E-state index contributed by atoms with van der Waals surface area (Å²) in [5, 5.41) is 28.6. The molecule has 0 aromatic carbocycles.